The van der Waals surface area contributed by atoms with E-state index in [9.17, 15) is 4.79 Å². The average Bonchev–Trinajstić information content (AvgIpc) is 3.05. The van der Waals surface area contributed by atoms with Gasteiger partial charge in [-0.25, -0.2) is 4.98 Å². The molecule has 0 fully saturated rings. The maximum atomic E-state index is 11.8. The van der Waals surface area contributed by atoms with Crippen LogP contribution in [0.15, 0.2) is 61.1 Å². The lowest BCUT2D eigenvalue weighted by Gasteiger charge is -2.11. The van der Waals surface area contributed by atoms with Crippen molar-refractivity contribution in [1.29, 1.82) is 0 Å². The van der Waals surface area contributed by atoms with Gasteiger partial charge in [0.1, 0.15) is 5.82 Å². The molecule has 2 aromatic heterocycles. The molecule has 0 aliphatic carbocycles. The number of hydrogen-bond donors (Lipinski definition) is 0. The molecule has 118 valence electrons. The zero-order valence-electron chi connectivity index (χ0n) is 13.5. The third-order valence-corrected chi connectivity index (χ3v) is 3.49. The summed E-state index contributed by atoms with van der Waals surface area (Å²) in [5.41, 5.74) is 0.857. The van der Waals surface area contributed by atoms with Crippen molar-refractivity contribution >= 4 is 17.9 Å². The number of nitrogens with zero attached hydrogens (tertiary/aromatic N) is 3. The van der Waals surface area contributed by atoms with Crippen LogP contribution in [0.5, 0.6) is 0 Å². The number of allylic oxidation sites excluding steroid dienone is 4. The fourth-order valence-electron chi connectivity index (χ4n) is 2.01. The first kappa shape index (κ1) is 16.6. The Morgan fingerprint density at radius 3 is 2.78 bits per heavy atom. The Balaban J connectivity index is 1.93. The molecular weight excluding hydrogens is 286 g/mol. The van der Waals surface area contributed by atoms with E-state index in [-0.39, 0.29) is 5.78 Å². The van der Waals surface area contributed by atoms with Crippen molar-refractivity contribution in [3.8, 4) is 0 Å². The summed E-state index contributed by atoms with van der Waals surface area (Å²) in [5, 5.41) is 0. The molecule has 0 N–H and O–H groups in total. The van der Waals surface area contributed by atoms with Gasteiger partial charge in [0.25, 0.3) is 0 Å². The molecule has 0 aromatic carbocycles. The van der Waals surface area contributed by atoms with E-state index >= 15 is 0 Å². The molecule has 0 bridgehead atoms. The molecule has 0 radical (unpaired) electrons. The third kappa shape index (κ3) is 5.18. The molecule has 1 unspecified atom stereocenters. The van der Waals surface area contributed by atoms with Gasteiger partial charge < -0.3 is 4.57 Å². The van der Waals surface area contributed by atoms with Crippen LogP contribution in [0.3, 0.4) is 0 Å². The average molecular weight is 307 g/mol. The first-order chi connectivity index (χ1) is 11.2. The molecule has 0 spiro atoms. The molecule has 2 heterocycles. The van der Waals surface area contributed by atoms with Crippen molar-refractivity contribution in [2.75, 3.05) is 0 Å². The molecule has 0 saturated carbocycles. The number of imidazole rings is 1. The van der Waals surface area contributed by atoms with Gasteiger partial charge in [0.15, 0.2) is 5.78 Å². The van der Waals surface area contributed by atoms with Gasteiger partial charge in [-0.2, -0.15) is 0 Å². The van der Waals surface area contributed by atoms with Crippen LogP contribution in [0, 0.1) is 0 Å². The normalized spacial score (nSPS) is 13.3. The zero-order valence-corrected chi connectivity index (χ0v) is 13.5. The van der Waals surface area contributed by atoms with E-state index in [1.807, 2.05) is 30.5 Å². The lowest BCUT2D eigenvalue weighted by atomic mass is 10.2. The maximum absolute atomic E-state index is 11.8. The molecule has 0 aliphatic rings. The summed E-state index contributed by atoms with van der Waals surface area (Å²) < 4.78 is 2.06. The van der Waals surface area contributed by atoms with Gasteiger partial charge in [-0.15, -0.1) is 0 Å². The second-order valence-corrected chi connectivity index (χ2v) is 5.16. The lowest BCUT2D eigenvalue weighted by molar-refractivity contribution is -0.110. The van der Waals surface area contributed by atoms with E-state index in [0.29, 0.717) is 6.04 Å². The molecular formula is C19H21N3O. The number of carbonyl (C=O) groups is 1. The second kappa shape index (κ2) is 8.63. The molecule has 2 rings (SSSR count). The summed E-state index contributed by atoms with van der Waals surface area (Å²) in [6, 6.07) is 6.05. The van der Waals surface area contributed by atoms with Crippen molar-refractivity contribution in [3.63, 3.8) is 0 Å². The van der Waals surface area contributed by atoms with Gasteiger partial charge in [-0.3, -0.25) is 9.78 Å². The van der Waals surface area contributed by atoms with Crippen LogP contribution in [0.1, 0.15) is 37.8 Å². The number of rotatable bonds is 7. The maximum Gasteiger partial charge on any atom is 0.178 e. The van der Waals surface area contributed by atoms with E-state index in [4.69, 9.17) is 0 Å². The van der Waals surface area contributed by atoms with E-state index in [1.54, 1.807) is 30.6 Å². The standard InChI is InChI=1S/C19H21N3O/c1-3-16(2)22-15-14-21-19(22)12-11-18(23)10-5-4-8-17-9-6-7-13-20-17/h4-16H,3H2,1-2H3/b8-4+,10-5+,12-11+. The van der Waals surface area contributed by atoms with E-state index in [0.717, 1.165) is 17.9 Å². The highest BCUT2D eigenvalue weighted by atomic mass is 16.1. The number of pyridine rings is 1. The van der Waals surface area contributed by atoms with Gasteiger partial charge >= 0.3 is 0 Å². The van der Waals surface area contributed by atoms with Crippen LogP contribution in [0.25, 0.3) is 12.2 Å². The summed E-state index contributed by atoms with van der Waals surface area (Å²) >= 11 is 0. The second-order valence-electron chi connectivity index (χ2n) is 5.16. The SMILES string of the molecule is CCC(C)n1ccnc1/C=C/C(=O)/C=C/C=C/c1ccccn1. The summed E-state index contributed by atoms with van der Waals surface area (Å²) in [7, 11) is 0. The monoisotopic (exact) mass is 307 g/mol. The van der Waals surface area contributed by atoms with E-state index in [1.165, 1.54) is 12.2 Å². The summed E-state index contributed by atoms with van der Waals surface area (Å²) in [4.78, 5) is 20.3. The van der Waals surface area contributed by atoms with Crippen LogP contribution in [0.4, 0.5) is 0 Å². The van der Waals surface area contributed by atoms with E-state index < -0.39 is 0 Å². The molecule has 4 heteroatoms. The van der Waals surface area contributed by atoms with Gasteiger partial charge in [0, 0.05) is 24.6 Å². The summed E-state index contributed by atoms with van der Waals surface area (Å²) in [6.45, 7) is 4.25. The highest BCUT2D eigenvalue weighted by Gasteiger charge is 2.05. The van der Waals surface area contributed by atoms with Crippen LogP contribution in [0.2, 0.25) is 0 Å². The number of aromatic nitrogens is 3. The largest absolute Gasteiger partial charge is 0.329 e. The summed E-state index contributed by atoms with van der Waals surface area (Å²) in [5.74, 6) is 0.722. The molecule has 2 aromatic rings. The Morgan fingerprint density at radius 2 is 2.04 bits per heavy atom. The topological polar surface area (TPSA) is 47.8 Å². The van der Waals surface area contributed by atoms with Crippen molar-refractivity contribution in [2.24, 2.45) is 0 Å². The Bertz CT molecular complexity index is 711. The number of carbonyl (C=O) groups excluding carboxylic acids is 1. The van der Waals surface area contributed by atoms with Crippen LogP contribution in [-0.4, -0.2) is 20.3 Å². The van der Waals surface area contributed by atoms with Gasteiger partial charge in [0.05, 0.1) is 5.69 Å². The van der Waals surface area contributed by atoms with Crippen molar-refractivity contribution in [1.82, 2.24) is 14.5 Å². The Hall–Kier alpha value is -2.75. The minimum absolute atomic E-state index is 0.0747. The predicted molar refractivity (Wildman–Crippen MR) is 93.7 cm³/mol. The van der Waals surface area contributed by atoms with Crippen molar-refractivity contribution < 1.29 is 4.79 Å². The van der Waals surface area contributed by atoms with Crippen LogP contribution in [-0.2, 0) is 4.79 Å². The van der Waals surface area contributed by atoms with Crippen molar-refractivity contribution in [3.05, 3.63) is 72.6 Å². The number of hydrogen-bond acceptors (Lipinski definition) is 3. The number of ketones is 1. The third-order valence-electron chi connectivity index (χ3n) is 3.49. The predicted octanol–water partition coefficient (Wildman–Crippen LogP) is 4.10. The minimum Gasteiger partial charge on any atom is -0.329 e. The quantitative estimate of drug-likeness (QED) is 0.571. The molecule has 0 amide bonds. The summed E-state index contributed by atoms with van der Waals surface area (Å²) in [6.07, 6.45) is 16.6. The fraction of sp³-hybridized carbons (Fsp3) is 0.211. The Kier molecular flexibility index (Phi) is 6.24. The molecule has 4 nitrogen and oxygen atoms in total. The Morgan fingerprint density at radius 1 is 1.17 bits per heavy atom. The fourth-order valence-corrected chi connectivity index (χ4v) is 2.01. The molecule has 23 heavy (non-hydrogen) atoms. The van der Waals surface area contributed by atoms with Crippen LogP contribution < -0.4 is 0 Å². The highest BCUT2D eigenvalue weighted by molar-refractivity contribution is 6.01. The van der Waals surface area contributed by atoms with Crippen LogP contribution >= 0.6 is 0 Å². The highest BCUT2D eigenvalue weighted by Crippen LogP contribution is 2.13. The van der Waals surface area contributed by atoms with Gasteiger partial charge in [-0.05, 0) is 49.8 Å². The smallest absolute Gasteiger partial charge is 0.178 e. The lowest BCUT2D eigenvalue weighted by Crippen LogP contribution is -2.04. The molecule has 0 aliphatic heterocycles. The van der Waals surface area contributed by atoms with E-state index in [2.05, 4.69) is 28.4 Å². The van der Waals surface area contributed by atoms with Gasteiger partial charge in [-0.1, -0.05) is 25.1 Å². The van der Waals surface area contributed by atoms with Crippen molar-refractivity contribution in [2.45, 2.75) is 26.3 Å². The minimum atomic E-state index is -0.0747. The molecule has 1 atom stereocenters. The Labute approximate surface area is 136 Å². The molecule has 0 saturated heterocycles. The van der Waals surface area contributed by atoms with Gasteiger partial charge in [0.2, 0.25) is 0 Å². The first-order valence-corrected chi connectivity index (χ1v) is 7.71. The first-order valence-electron chi connectivity index (χ1n) is 7.71. The zero-order chi connectivity index (χ0) is 16.5.